The molecule has 0 saturated carbocycles. The Morgan fingerprint density at radius 2 is 1.24 bits per heavy atom. The molecule has 3 heteroatoms. The van der Waals surface area contributed by atoms with Crippen LogP contribution in [0.25, 0.3) is 44.9 Å². The van der Waals surface area contributed by atoms with E-state index in [1.807, 2.05) is 52.0 Å². The zero-order valence-corrected chi connectivity index (χ0v) is 22.0. The van der Waals surface area contributed by atoms with Crippen molar-refractivity contribution in [2.75, 3.05) is 6.54 Å². The third-order valence-electron chi connectivity index (χ3n) is 6.04. The second kappa shape index (κ2) is 12.5. The van der Waals surface area contributed by atoms with Crippen molar-refractivity contribution in [2.45, 2.75) is 27.7 Å². The summed E-state index contributed by atoms with van der Waals surface area (Å²) in [5.74, 6) is 1.73. The van der Waals surface area contributed by atoms with Crippen LogP contribution in [-0.4, -0.2) is 12.3 Å². The maximum atomic E-state index is 6.60. The Balaban J connectivity index is 0.00000156. The molecule has 0 unspecified atom stereocenters. The van der Waals surface area contributed by atoms with Crippen LogP contribution >= 0.6 is 0 Å². The Bertz CT molecular complexity index is 1390. The lowest BCUT2D eigenvalue weighted by Gasteiger charge is -2.10. The van der Waals surface area contributed by atoms with E-state index in [4.69, 9.17) is 4.42 Å². The summed E-state index contributed by atoms with van der Waals surface area (Å²) in [5, 5.41) is 4.46. The van der Waals surface area contributed by atoms with E-state index in [0.717, 1.165) is 62.7 Å². The highest BCUT2D eigenvalue weighted by atomic mass is 16.3. The molecule has 0 fully saturated rings. The van der Waals surface area contributed by atoms with Crippen molar-refractivity contribution in [1.82, 2.24) is 5.43 Å². The maximum Gasteiger partial charge on any atom is 0.142 e. The van der Waals surface area contributed by atoms with Gasteiger partial charge in [0, 0.05) is 23.2 Å². The van der Waals surface area contributed by atoms with Crippen molar-refractivity contribution in [3.8, 4) is 44.9 Å². The molecular weight excluding hydrogens is 452 g/mol. The summed E-state index contributed by atoms with van der Waals surface area (Å²) in [5.41, 5.74) is 11.7. The van der Waals surface area contributed by atoms with E-state index in [0.29, 0.717) is 0 Å². The lowest BCUT2D eigenvalue weighted by atomic mass is 9.95. The van der Waals surface area contributed by atoms with Gasteiger partial charge in [0.15, 0.2) is 0 Å². The molecule has 1 aromatic heterocycles. The fourth-order valence-electron chi connectivity index (χ4n) is 4.28. The average Bonchev–Trinajstić information content (AvgIpc) is 3.43. The summed E-state index contributed by atoms with van der Waals surface area (Å²) in [6.45, 7) is 8.87. The monoisotopic (exact) mass is 486 g/mol. The first-order valence-corrected chi connectivity index (χ1v) is 13.0. The van der Waals surface area contributed by atoms with Gasteiger partial charge in [-0.2, -0.15) is 5.10 Å². The molecule has 186 valence electrons. The SMILES string of the molecule is CC.CCN/N=C(\C)c1cccc(-c2ccccc2-c2cc(-c3ccccc3)c(-c3ccccc3)o2)c1. The van der Waals surface area contributed by atoms with Crippen LogP contribution in [0.15, 0.2) is 125 Å². The van der Waals surface area contributed by atoms with Crippen molar-refractivity contribution >= 4 is 5.71 Å². The summed E-state index contributed by atoms with van der Waals surface area (Å²) in [4.78, 5) is 0. The molecular formula is C34H34N2O. The number of rotatable bonds is 7. The van der Waals surface area contributed by atoms with Crippen molar-refractivity contribution in [1.29, 1.82) is 0 Å². The molecule has 0 aliphatic carbocycles. The van der Waals surface area contributed by atoms with E-state index in [1.165, 1.54) is 0 Å². The van der Waals surface area contributed by atoms with Gasteiger partial charge in [0.25, 0.3) is 0 Å². The smallest absolute Gasteiger partial charge is 0.142 e. The van der Waals surface area contributed by atoms with Gasteiger partial charge in [0.2, 0.25) is 0 Å². The molecule has 0 amide bonds. The summed E-state index contributed by atoms with van der Waals surface area (Å²) in [6.07, 6.45) is 0. The Morgan fingerprint density at radius 3 is 1.92 bits per heavy atom. The van der Waals surface area contributed by atoms with Crippen LogP contribution in [0.2, 0.25) is 0 Å². The molecule has 0 spiro atoms. The van der Waals surface area contributed by atoms with Gasteiger partial charge in [-0.05, 0) is 48.2 Å². The standard InChI is InChI=1S/C32H28N2O.C2H6/c1-3-33-34-23(2)26-17-12-18-27(21-26)28-19-10-11-20-29(28)31-22-30(24-13-6-4-7-14-24)32(35-31)25-15-8-5-9-16-25;1-2/h4-22,33H,3H2,1-2H3;1-2H3/b34-23+;. The molecule has 0 bridgehead atoms. The average molecular weight is 487 g/mol. The van der Waals surface area contributed by atoms with Crippen LogP contribution in [0.3, 0.4) is 0 Å². The number of benzene rings is 4. The zero-order valence-electron chi connectivity index (χ0n) is 22.0. The quantitative estimate of drug-likeness (QED) is 0.184. The minimum atomic E-state index is 0.797. The van der Waals surface area contributed by atoms with Crippen LogP contribution in [0.1, 0.15) is 33.3 Å². The van der Waals surface area contributed by atoms with Gasteiger partial charge in [-0.3, -0.25) is 0 Å². The number of nitrogens with zero attached hydrogens (tertiary/aromatic N) is 1. The number of hydrogen-bond donors (Lipinski definition) is 1. The Morgan fingerprint density at radius 1 is 0.649 bits per heavy atom. The summed E-state index contributed by atoms with van der Waals surface area (Å²) in [7, 11) is 0. The first-order valence-electron chi connectivity index (χ1n) is 13.0. The van der Waals surface area contributed by atoms with Crippen LogP contribution in [0.5, 0.6) is 0 Å². The van der Waals surface area contributed by atoms with Gasteiger partial charge in [0.05, 0.1) is 5.71 Å². The zero-order chi connectivity index (χ0) is 26.0. The van der Waals surface area contributed by atoms with Crippen LogP contribution in [0, 0.1) is 0 Å². The van der Waals surface area contributed by atoms with E-state index in [-0.39, 0.29) is 0 Å². The molecule has 37 heavy (non-hydrogen) atoms. The van der Waals surface area contributed by atoms with Gasteiger partial charge in [-0.25, -0.2) is 0 Å². The fraction of sp³-hybridized carbons (Fsp3) is 0.147. The topological polar surface area (TPSA) is 37.5 Å². The molecule has 3 nitrogen and oxygen atoms in total. The highest BCUT2D eigenvalue weighted by molar-refractivity contribution is 6.00. The second-order valence-corrected chi connectivity index (χ2v) is 8.42. The number of furan rings is 1. The predicted molar refractivity (Wildman–Crippen MR) is 158 cm³/mol. The maximum absolute atomic E-state index is 6.60. The third kappa shape index (κ3) is 5.90. The lowest BCUT2D eigenvalue weighted by Crippen LogP contribution is -2.08. The van der Waals surface area contributed by atoms with Gasteiger partial charge in [-0.1, -0.05) is 117 Å². The molecule has 0 saturated heterocycles. The fourth-order valence-corrected chi connectivity index (χ4v) is 4.28. The van der Waals surface area contributed by atoms with Gasteiger partial charge in [-0.15, -0.1) is 0 Å². The third-order valence-corrected chi connectivity index (χ3v) is 6.04. The second-order valence-electron chi connectivity index (χ2n) is 8.42. The molecule has 0 radical (unpaired) electrons. The van der Waals surface area contributed by atoms with E-state index >= 15 is 0 Å². The van der Waals surface area contributed by atoms with E-state index in [9.17, 15) is 0 Å². The predicted octanol–water partition coefficient (Wildman–Crippen LogP) is 9.31. The van der Waals surface area contributed by atoms with E-state index in [1.54, 1.807) is 0 Å². The van der Waals surface area contributed by atoms with Gasteiger partial charge >= 0.3 is 0 Å². The molecule has 1 N–H and O–H groups in total. The van der Waals surface area contributed by atoms with Crippen molar-refractivity contribution < 1.29 is 4.42 Å². The first-order chi connectivity index (χ1) is 18.2. The molecule has 0 aliphatic heterocycles. The summed E-state index contributed by atoms with van der Waals surface area (Å²) >= 11 is 0. The van der Waals surface area contributed by atoms with Crippen LogP contribution < -0.4 is 5.43 Å². The van der Waals surface area contributed by atoms with Gasteiger partial charge < -0.3 is 9.84 Å². The van der Waals surface area contributed by atoms with Crippen LogP contribution in [-0.2, 0) is 0 Å². The summed E-state index contributed by atoms with van der Waals surface area (Å²) in [6, 6.07) is 39.8. The Labute approximate surface area is 220 Å². The molecule has 1 heterocycles. The van der Waals surface area contributed by atoms with Crippen LogP contribution in [0.4, 0.5) is 0 Å². The molecule has 0 aliphatic rings. The highest BCUT2D eigenvalue weighted by Gasteiger charge is 2.18. The minimum absolute atomic E-state index is 0.797. The Kier molecular flexibility index (Phi) is 8.72. The number of nitrogens with one attached hydrogen (secondary N) is 1. The normalized spacial score (nSPS) is 11.0. The highest BCUT2D eigenvalue weighted by Crippen LogP contribution is 2.41. The number of hydrogen-bond acceptors (Lipinski definition) is 3. The first kappa shape index (κ1) is 25.7. The molecule has 4 aromatic carbocycles. The minimum Gasteiger partial charge on any atom is -0.455 e. The molecule has 5 aromatic rings. The largest absolute Gasteiger partial charge is 0.455 e. The van der Waals surface area contributed by atoms with Crippen molar-refractivity contribution in [3.63, 3.8) is 0 Å². The van der Waals surface area contributed by atoms with Crippen molar-refractivity contribution in [3.05, 3.63) is 121 Å². The van der Waals surface area contributed by atoms with Gasteiger partial charge in [0.1, 0.15) is 11.5 Å². The van der Waals surface area contributed by atoms with E-state index < -0.39 is 0 Å². The summed E-state index contributed by atoms with van der Waals surface area (Å²) < 4.78 is 6.60. The molecule has 5 rings (SSSR count). The Hall–Kier alpha value is -4.37. The molecule has 0 atom stereocenters. The number of hydrazone groups is 1. The van der Waals surface area contributed by atoms with Crippen molar-refractivity contribution in [2.24, 2.45) is 5.10 Å². The van der Waals surface area contributed by atoms with E-state index in [2.05, 4.69) is 102 Å². The lowest BCUT2D eigenvalue weighted by molar-refractivity contribution is 0.598.